The molecule has 1 N–H and O–H groups in total. The first-order chi connectivity index (χ1) is 11.7. The molecule has 3 heterocycles. The van der Waals surface area contributed by atoms with E-state index in [2.05, 4.69) is 21.2 Å². The summed E-state index contributed by atoms with van der Waals surface area (Å²) in [6, 6.07) is 6.20. The molecule has 1 fully saturated rings. The van der Waals surface area contributed by atoms with Crippen LogP contribution in [0, 0.1) is 0 Å². The molecule has 0 amide bonds. The van der Waals surface area contributed by atoms with Gasteiger partial charge in [-0.15, -0.1) is 0 Å². The molecule has 1 aromatic carbocycles. The van der Waals surface area contributed by atoms with Crippen molar-refractivity contribution in [2.24, 2.45) is 0 Å². The maximum absolute atomic E-state index is 11.8. The molecule has 24 heavy (non-hydrogen) atoms. The molecular weight excluding hydrogens is 330 g/mol. The van der Waals surface area contributed by atoms with E-state index in [1.807, 2.05) is 12.1 Å². The lowest BCUT2D eigenvalue weighted by Crippen LogP contribution is -2.25. The van der Waals surface area contributed by atoms with E-state index in [0.717, 1.165) is 42.9 Å². The molecule has 2 aliphatic heterocycles. The van der Waals surface area contributed by atoms with Crippen LogP contribution in [0.5, 0.6) is 11.5 Å². The first-order valence-corrected chi connectivity index (χ1v) is 8.51. The second-order valence-electron chi connectivity index (χ2n) is 6.01. The van der Waals surface area contributed by atoms with Crippen LogP contribution < -0.4 is 19.9 Å². The van der Waals surface area contributed by atoms with Crippen LogP contribution in [-0.4, -0.2) is 30.0 Å². The number of nitrogens with one attached hydrogen (secondary N) is 1. The fourth-order valence-electron chi connectivity index (χ4n) is 3.36. The molecule has 1 aromatic heterocycles. The molecule has 1 atom stereocenters. The summed E-state index contributed by atoms with van der Waals surface area (Å²) < 4.78 is 11.5. The molecule has 126 valence electrons. The van der Waals surface area contributed by atoms with E-state index >= 15 is 0 Å². The van der Waals surface area contributed by atoms with Crippen molar-refractivity contribution in [3.8, 4) is 11.5 Å². The molecule has 0 aliphatic carbocycles. The number of H-pyrrole nitrogens is 1. The summed E-state index contributed by atoms with van der Waals surface area (Å²) >= 11 is 6.19. The van der Waals surface area contributed by atoms with Gasteiger partial charge in [-0.05, 0) is 30.5 Å². The number of fused-ring (bicyclic) bond motifs is 1. The highest BCUT2D eigenvalue weighted by Crippen LogP contribution is 2.40. The Morgan fingerprint density at radius 3 is 2.92 bits per heavy atom. The summed E-state index contributed by atoms with van der Waals surface area (Å²) in [4.78, 5) is 13.9. The third-order valence-corrected chi connectivity index (χ3v) is 4.86. The number of benzene rings is 1. The number of aromatic nitrogens is 2. The highest BCUT2D eigenvalue weighted by Gasteiger charge is 2.29. The third-order valence-electron chi connectivity index (χ3n) is 4.50. The average molecular weight is 348 g/mol. The van der Waals surface area contributed by atoms with Crippen LogP contribution in [0.3, 0.4) is 0 Å². The van der Waals surface area contributed by atoms with Crippen molar-refractivity contribution in [3.63, 3.8) is 0 Å². The molecule has 6 nitrogen and oxygen atoms in total. The quantitative estimate of drug-likeness (QED) is 0.904. The zero-order valence-electron chi connectivity index (χ0n) is 13.1. The van der Waals surface area contributed by atoms with Crippen LogP contribution >= 0.6 is 11.6 Å². The smallest absolute Gasteiger partial charge is 0.285 e. The lowest BCUT2D eigenvalue weighted by Gasteiger charge is -2.27. The predicted octanol–water partition coefficient (Wildman–Crippen LogP) is 2.93. The van der Waals surface area contributed by atoms with Gasteiger partial charge in [-0.25, -0.2) is 5.10 Å². The maximum atomic E-state index is 11.8. The summed E-state index contributed by atoms with van der Waals surface area (Å²) in [5.74, 6) is 1.57. The third kappa shape index (κ3) is 2.71. The van der Waals surface area contributed by atoms with Gasteiger partial charge in [0.1, 0.15) is 5.02 Å². The van der Waals surface area contributed by atoms with Crippen LogP contribution in [0.15, 0.2) is 29.2 Å². The van der Waals surface area contributed by atoms with E-state index in [1.165, 1.54) is 0 Å². The van der Waals surface area contributed by atoms with Crippen LogP contribution in [0.25, 0.3) is 0 Å². The molecule has 1 saturated heterocycles. The molecule has 0 radical (unpaired) electrons. The summed E-state index contributed by atoms with van der Waals surface area (Å²) in [5.41, 5.74) is 1.45. The summed E-state index contributed by atoms with van der Waals surface area (Å²) in [6.45, 7) is 2.18. The lowest BCUT2D eigenvalue weighted by molar-refractivity contribution is 0.297. The standard InChI is InChI=1S/C17H18ClN3O3/c18-16-13(10-19-20-17(16)22)21-6-1-3-12(21)11-4-5-14-15(9-11)24-8-2-7-23-14/h4-5,9-10,12H,1-3,6-8H2,(H,20,22). The van der Waals surface area contributed by atoms with Crippen LogP contribution in [0.1, 0.15) is 30.9 Å². The topological polar surface area (TPSA) is 67.5 Å². The van der Waals surface area contributed by atoms with Gasteiger partial charge in [-0.2, -0.15) is 5.10 Å². The van der Waals surface area contributed by atoms with E-state index in [1.54, 1.807) is 6.20 Å². The van der Waals surface area contributed by atoms with Crippen LogP contribution in [0.2, 0.25) is 5.02 Å². The SMILES string of the molecule is O=c1[nH]ncc(N2CCCC2c2ccc3c(c2)OCCCO3)c1Cl. The molecule has 0 bridgehead atoms. The predicted molar refractivity (Wildman–Crippen MR) is 91.2 cm³/mol. The largest absolute Gasteiger partial charge is 0.490 e. The van der Waals surface area contributed by atoms with Crippen molar-refractivity contribution in [3.05, 3.63) is 45.3 Å². The Morgan fingerprint density at radius 1 is 1.21 bits per heavy atom. The zero-order valence-corrected chi connectivity index (χ0v) is 13.9. The summed E-state index contributed by atoms with van der Waals surface area (Å²) in [6.07, 6.45) is 4.52. The van der Waals surface area contributed by atoms with Crippen molar-refractivity contribution in [2.45, 2.75) is 25.3 Å². The molecule has 1 unspecified atom stereocenters. The van der Waals surface area contributed by atoms with E-state index in [4.69, 9.17) is 21.1 Å². The number of rotatable bonds is 2. The van der Waals surface area contributed by atoms with Gasteiger partial charge in [0.2, 0.25) is 0 Å². The Kier molecular flexibility index (Phi) is 4.06. The zero-order chi connectivity index (χ0) is 16.5. The van der Waals surface area contributed by atoms with Gasteiger partial charge in [-0.1, -0.05) is 17.7 Å². The molecule has 0 spiro atoms. The second kappa shape index (κ2) is 6.36. The van der Waals surface area contributed by atoms with Crippen molar-refractivity contribution in [2.75, 3.05) is 24.7 Å². The summed E-state index contributed by atoms with van der Waals surface area (Å²) in [7, 11) is 0. The van der Waals surface area contributed by atoms with Crippen molar-refractivity contribution in [1.29, 1.82) is 0 Å². The fourth-order valence-corrected chi connectivity index (χ4v) is 3.56. The number of ether oxygens (including phenoxy) is 2. The Bertz CT molecular complexity index is 808. The van der Waals surface area contributed by atoms with Crippen LogP contribution in [0.4, 0.5) is 5.69 Å². The molecule has 2 aliphatic rings. The van der Waals surface area contributed by atoms with Crippen molar-refractivity contribution in [1.82, 2.24) is 10.2 Å². The molecule has 2 aromatic rings. The van der Waals surface area contributed by atoms with E-state index in [-0.39, 0.29) is 16.6 Å². The van der Waals surface area contributed by atoms with Crippen LogP contribution in [-0.2, 0) is 0 Å². The Hall–Kier alpha value is -2.21. The van der Waals surface area contributed by atoms with E-state index in [9.17, 15) is 4.79 Å². The highest BCUT2D eigenvalue weighted by molar-refractivity contribution is 6.33. The number of hydrogen-bond acceptors (Lipinski definition) is 5. The Labute approximate surface area is 144 Å². The molecule has 4 rings (SSSR count). The fraction of sp³-hybridized carbons (Fsp3) is 0.412. The lowest BCUT2D eigenvalue weighted by atomic mass is 10.0. The highest BCUT2D eigenvalue weighted by atomic mass is 35.5. The molecule has 0 saturated carbocycles. The van der Waals surface area contributed by atoms with Gasteiger partial charge in [-0.3, -0.25) is 4.79 Å². The minimum Gasteiger partial charge on any atom is -0.490 e. The van der Waals surface area contributed by atoms with E-state index < -0.39 is 0 Å². The number of hydrogen-bond donors (Lipinski definition) is 1. The number of nitrogens with zero attached hydrogens (tertiary/aromatic N) is 2. The normalized spacial score (nSPS) is 20.0. The maximum Gasteiger partial charge on any atom is 0.285 e. The molecule has 7 heteroatoms. The average Bonchev–Trinajstić information content (AvgIpc) is 2.95. The van der Waals surface area contributed by atoms with Gasteiger partial charge in [0, 0.05) is 13.0 Å². The van der Waals surface area contributed by atoms with Gasteiger partial charge in [0.25, 0.3) is 5.56 Å². The van der Waals surface area contributed by atoms with Crippen molar-refractivity contribution >= 4 is 17.3 Å². The number of aromatic amines is 1. The monoisotopic (exact) mass is 347 g/mol. The Balaban J connectivity index is 1.69. The summed E-state index contributed by atoms with van der Waals surface area (Å²) in [5, 5.41) is 6.44. The minimum atomic E-state index is -0.363. The van der Waals surface area contributed by atoms with Gasteiger partial charge >= 0.3 is 0 Å². The molecular formula is C17H18ClN3O3. The second-order valence-corrected chi connectivity index (χ2v) is 6.38. The number of halogens is 1. The van der Waals surface area contributed by atoms with Gasteiger partial charge in [0.15, 0.2) is 11.5 Å². The first kappa shape index (κ1) is 15.3. The number of anilines is 1. The van der Waals surface area contributed by atoms with Crippen molar-refractivity contribution < 1.29 is 9.47 Å². The van der Waals surface area contributed by atoms with Gasteiger partial charge < -0.3 is 14.4 Å². The van der Waals surface area contributed by atoms with E-state index in [0.29, 0.717) is 18.9 Å². The Morgan fingerprint density at radius 2 is 2.04 bits per heavy atom. The minimum absolute atomic E-state index is 0.142. The first-order valence-electron chi connectivity index (χ1n) is 8.13. The van der Waals surface area contributed by atoms with Gasteiger partial charge in [0.05, 0.1) is 31.1 Å².